The highest BCUT2D eigenvalue weighted by Gasteiger charge is 2.32. The summed E-state index contributed by atoms with van der Waals surface area (Å²) in [6, 6.07) is 0. The Bertz CT molecular complexity index is 4460. The molecule has 79 heavy (non-hydrogen) atoms. The smallest absolute Gasteiger partial charge is 0.143 e. The van der Waals surface area contributed by atoms with Gasteiger partial charge in [-0.3, -0.25) is 0 Å². The van der Waals surface area contributed by atoms with Gasteiger partial charge in [0.05, 0.1) is 0 Å². The Morgan fingerprint density at radius 1 is 0.114 bits per heavy atom. The average Bonchev–Trinajstić information content (AvgIpc) is 3.58. The topological polar surface area (TPSA) is 13.1 Å². The Morgan fingerprint density at radius 2 is 0.304 bits per heavy atom. The van der Waals surface area contributed by atoms with Crippen molar-refractivity contribution in [2.75, 3.05) is 0 Å². The molecule has 348 valence electrons. The predicted octanol–water partition coefficient (Wildman–Crippen LogP) is -38.5. The molecule has 0 aliphatic rings. The molecule has 1 heterocycles. The van der Waals surface area contributed by atoms with E-state index in [-0.39, 0.29) is 0 Å². The molecule has 0 saturated heterocycles. The van der Waals surface area contributed by atoms with E-state index in [4.69, 9.17) is 4.42 Å². The number of rotatable bonds is 4. The molecule has 31 heteroatoms. The lowest BCUT2D eigenvalue weighted by atomic mass is 9.54. The van der Waals surface area contributed by atoms with Crippen LogP contribution in [0.15, 0.2) is 4.42 Å². The summed E-state index contributed by atoms with van der Waals surface area (Å²) in [5.74, 6) is 0. The standard InChI is InChI=1S/C48H60B30O/c49-17-9(28(60)35(67)29(61)12(17)13-30(62)41(73)45(77)42(74)31(13)63)1-3-5(20(52)38(70)36(68)18(3)50)2(6-4(1)19(51)37(69)39(71)21(6)53)10-23(55)25(57)11(26(58)24(10)56)7-8-15-33(65)27(59)14-16(34(66)43(75)40(72)32(14)64)47(15)79-48(8)46(78)44(76)22(7)54/h49-78H2. The molecule has 9 aromatic carbocycles. The molecular weight excluding hydrogens is 917 g/mol. The number of fused-ring (bicyclic) bond motifs is 7. The first kappa shape index (κ1) is 57.7. The summed E-state index contributed by atoms with van der Waals surface area (Å²) in [5, 5.41) is 10.8. The first-order valence-corrected chi connectivity index (χ1v) is 29.4. The van der Waals surface area contributed by atoms with E-state index in [9.17, 15) is 0 Å². The summed E-state index contributed by atoms with van der Waals surface area (Å²) >= 11 is 0. The van der Waals surface area contributed by atoms with E-state index in [1.54, 1.807) is 0 Å². The van der Waals surface area contributed by atoms with Crippen LogP contribution in [0, 0.1) is 0 Å². The third kappa shape index (κ3) is 7.52. The molecule has 0 spiro atoms. The van der Waals surface area contributed by atoms with Crippen molar-refractivity contribution in [2.24, 2.45) is 0 Å². The minimum Gasteiger partial charge on any atom is -0.456 e. The highest BCUT2D eigenvalue weighted by atomic mass is 16.3. The second-order valence-corrected chi connectivity index (χ2v) is 25.5. The second-order valence-electron chi connectivity index (χ2n) is 25.5. The maximum atomic E-state index is 7.42. The molecule has 0 aliphatic heterocycles. The zero-order valence-electron chi connectivity index (χ0n) is 54.4. The van der Waals surface area contributed by atoms with Crippen molar-refractivity contribution in [3.8, 4) is 44.5 Å². The minimum atomic E-state index is 1.02. The van der Waals surface area contributed by atoms with Crippen LogP contribution in [0.3, 0.4) is 0 Å². The van der Waals surface area contributed by atoms with Gasteiger partial charge in [-0.2, -0.15) is 0 Å². The van der Waals surface area contributed by atoms with Gasteiger partial charge in [0, 0.05) is 16.2 Å². The molecule has 0 saturated carbocycles. The van der Waals surface area contributed by atoms with Gasteiger partial charge in [0.25, 0.3) is 0 Å². The molecule has 0 atom stereocenters. The fourth-order valence-corrected chi connectivity index (χ4v) is 15.7. The van der Waals surface area contributed by atoms with Crippen LogP contribution in [0.2, 0.25) is 0 Å². The van der Waals surface area contributed by atoms with Crippen LogP contribution in [0.25, 0.3) is 98.8 Å². The van der Waals surface area contributed by atoms with Crippen LogP contribution in [0.5, 0.6) is 0 Å². The van der Waals surface area contributed by atoms with Gasteiger partial charge in [-0.25, -0.2) is 0 Å². The zero-order valence-corrected chi connectivity index (χ0v) is 54.4. The molecule has 0 bridgehead atoms. The zero-order chi connectivity index (χ0) is 58.4. The molecule has 0 amide bonds. The van der Waals surface area contributed by atoms with Crippen LogP contribution >= 0.6 is 0 Å². The summed E-state index contributed by atoms with van der Waals surface area (Å²) < 4.78 is 7.42. The van der Waals surface area contributed by atoms with Gasteiger partial charge in [-0.15, -0.1) is 54.6 Å². The third-order valence-corrected chi connectivity index (χ3v) is 22.9. The van der Waals surface area contributed by atoms with Gasteiger partial charge in [0.15, 0.2) is 0 Å². The normalized spacial score (nSPS) is 11.8. The fraction of sp³-hybridized carbons (Fsp3) is 0. The predicted molar refractivity (Wildman–Crippen MR) is 453 cm³/mol. The Labute approximate surface area is 498 Å². The molecular formula is C48H60B30O. The van der Waals surface area contributed by atoms with Crippen LogP contribution in [0.1, 0.15) is 0 Å². The summed E-state index contributed by atoms with van der Waals surface area (Å²) in [4.78, 5) is 0. The van der Waals surface area contributed by atoms with E-state index in [0.29, 0.717) is 0 Å². The van der Waals surface area contributed by atoms with Crippen molar-refractivity contribution >= 4 is 454 Å². The molecule has 0 fully saturated rings. The summed E-state index contributed by atoms with van der Waals surface area (Å²) in [6.07, 6.45) is 0. The van der Waals surface area contributed by atoms with Crippen LogP contribution in [-0.2, 0) is 0 Å². The van der Waals surface area contributed by atoms with Gasteiger partial charge in [-0.1, -0.05) is 109 Å². The van der Waals surface area contributed by atoms with Gasteiger partial charge in [0.1, 0.15) is 247 Å². The first-order valence-electron chi connectivity index (χ1n) is 29.4. The monoisotopic (exact) mass is 983 g/mol. The number of benzene rings is 9. The lowest BCUT2D eigenvalue weighted by Crippen LogP contribution is -2.57. The van der Waals surface area contributed by atoms with Crippen molar-refractivity contribution in [1.82, 2.24) is 0 Å². The Balaban J connectivity index is 1.43. The summed E-state index contributed by atoms with van der Waals surface area (Å²) in [6.45, 7) is 0. The number of hydrogen-bond acceptors (Lipinski definition) is 1. The van der Waals surface area contributed by atoms with Crippen LogP contribution in [0.4, 0.5) is 0 Å². The van der Waals surface area contributed by atoms with E-state index >= 15 is 0 Å². The molecule has 0 aliphatic carbocycles. The molecule has 0 unspecified atom stereocenters. The van der Waals surface area contributed by atoms with Crippen molar-refractivity contribution in [1.29, 1.82) is 0 Å². The quantitative estimate of drug-likeness (QED) is 0.127. The van der Waals surface area contributed by atoms with E-state index in [1.807, 2.05) is 0 Å². The van der Waals surface area contributed by atoms with Gasteiger partial charge >= 0.3 is 0 Å². The maximum absolute atomic E-state index is 7.42. The SMILES string of the molecule is Bc1c(B)c(B)c(-c2c(B)c(B)c(B)c(-c3c4c(B)c(B)c(B)c(B)c4c(-c4c(B)c(B)c(-c5c(B)c(B)c(B)c6oc7c8c(B)c(B)c(B)c(B)c8c(B)c(B)c7c56)c(B)c4B)c4c(B)c(B)c(B)c(B)c34)c2B)c(B)c1B. The Kier molecular flexibility index (Phi) is 14.3. The largest absolute Gasteiger partial charge is 0.456 e. The van der Waals surface area contributed by atoms with Gasteiger partial charge in [-0.05, 0) is 71.4 Å². The maximum Gasteiger partial charge on any atom is 0.143 e. The van der Waals surface area contributed by atoms with E-state index in [2.05, 4.69) is 235 Å². The van der Waals surface area contributed by atoms with Crippen molar-refractivity contribution in [3.63, 3.8) is 0 Å². The van der Waals surface area contributed by atoms with E-state index < -0.39 is 0 Å². The van der Waals surface area contributed by atoms with E-state index in [0.717, 1.165) is 11.2 Å². The second kappa shape index (κ2) is 19.6. The van der Waals surface area contributed by atoms with Crippen molar-refractivity contribution in [2.45, 2.75) is 0 Å². The van der Waals surface area contributed by atoms with Gasteiger partial charge < -0.3 is 4.42 Å². The molecule has 10 rings (SSSR count). The highest BCUT2D eigenvalue weighted by Crippen LogP contribution is 2.40. The molecule has 10 aromatic rings. The highest BCUT2D eigenvalue weighted by molar-refractivity contribution is 6.77. The molecule has 1 nitrogen and oxygen atoms in total. The lowest BCUT2D eigenvalue weighted by Gasteiger charge is -2.33. The minimum absolute atomic E-state index is 1.02. The van der Waals surface area contributed by atoms with Crippen LogP contribution < -0.4 is 164 Å². The Hall–Kier alpha value is -4.49. The number of hydrogen-bond donors (Lipinski definition) is 0. The molecule has 0 radical (unpaired) electrons. The van der Waals surface area contributed by atoms with E-state index in [1.165, 1.54) is 251 Å². The third-order valence-electron chi connectivity index (χ3n) is 22.9. The summed E-state index contributed by atoms with van der Waals surface area (Å²) in [5.41, 5.74) is 54.1. The Morgan fingerprint density at radius 3 is 0.684 bits per heavy atom. The fourth-order valence-electron chi connectivity index (χ4n) is 15.7. The molecule has 0 N–H and O–H groups in total. The van der Waals surface area contributed by atoms with Crippen LogP contribution in [-0.4, -0.2) is 235 Å². The lowest BCUT2D eigenvalue weighted by molar-refractivity contribution is 0.676. The summed E-state index contributed by atoms with van der Waals surface area (Å²) in [7, 11) is 71.2. The number of furan rings is 1. The molecule has 1 aromatic heterocycles. The van der Waals surface area contributed by atoms with Crippen molar-refractivity contribution in [3.05, 3.63) is 0 Å². The van der Waals surface area contributed by atoms with Crippen molar-refractivity contribution < 1.29 is 4.42 Å². The average molecular weight is 977 g/mol. The first-order chi connectivity index (χ1) is 36.8. The van der Waals surface area contributed by atoms with Gasteiger partial charge in [0.2, 0.25) is 0 Å².